The van der Waals surface area contributed by atoms with Crippen LogP contribution in [0.1, 0.15) is 12.5 Å². The first kappa shape index (κ1) is 18.1. The smallest absolute Gasteiger partial charge is 0.160 e. The molecule has 0 saturated carbocycles. The van der Waals surface area contributed by atoms with Crippen LogP contribution in [-0.2, 0) is 6.42 Å². The second-order valence-corrected chi connectivity index (χ2v) is 8.54. The number of aromatic nitrogens is 3. The fourth-order valence-electron chi connectivity index (χ4n) is 4.32. The van der Waals surface area contributed by atoms with Crippen molar-refractivity contribution in [1.82, 2.24) is 14.4 Å². The zero-order valence-corrected chi connectivity index (χ0v) is 17.2. The predicted molar refractivity (Wildman–Crippen MR) is 123 cm³/mol. The van der Waals surface area contributed by atoms with E-state index >= 15 is 0 Å². The van der Waals surface area contributed by atoms with Crippen molar-refractivity contribution in [3.63, 3.8) is 0 Å². The molecule has 0 spiro atoms. The molecule has 2 aliphatic rings. The maximum Gasteiger partial charge on any atom is 0.160 e. The second kappa shape index (κ2) is 6.65. The highest BCUT2D eigenvalue weighted by Gasteiger charge is 2.36. The van der Waals surface area contributed by atoms with E-state index in [0.717, 1.165) is 46.1 Å². The molecule has 31 heavy (non-hydrogen) atoms. The van der Waals surface area contributed by atoms with E-state index in [1.54, 1.807) is 6.20 Å². The van der Waals surface area contributed by atoms with E-state index in [4.69, 9.17) is 0 Å². The van der Waals surface area contributed by atoms with Gasteiger partial charge in [0, 0.05) is 49.9 Å². The third-order valence-electron chi connectivity index (χ3n) is 5.88. The molecule has 7 nitrogen and oxygen atoms in total. The highest BCUT2D eigenvalue weighted by atomic mass is 16.3. The third kappa shape index (κ3) is 3.23. The number of nitrogens with one attached hydrogen (secondary N) is 1. The number of hydrogen-bond donors (Lipinski definition) is 2. The number of pyridine rings is 2. The van der Waals surface area contributed by atoms with E-state index < -0.39 is 5.60 Å². The van der Waals surface area contributed by atoms with Crippen molar-refractivity contribution < 1.29 is 5.11 Å². The first-order valence-corrected chi connectivity index (χ1v) is 10.4. The first-order chi connectivity index (χ1) is 15.0. The molecule has 154 valence electrons. The van der Waals surface area contributed by atoms with Crippen LogP contribution in [0.2, 0.25) is 0 Å². The van der Waals surface area contributed by atoms with Crippen molar-refractivity contribution in [2.75, 3.05) is 23.3 Å². The summed E-state index contributed by atoms with van der Waals surface area (Å²) in [7, 11) is 0. The summed E-state index contributed by atoms with van der Waals surface area (Å²) in [4.78, 5) is 15.6. The van der Waals surface area contributed by atoms with Gasteiger partial charge in [0.15, 0.2) is 5.65 Å². The van der Waals surface area contributed by atoms with Crippen LogP contribution in [0.5, 0.6) is 0 Å². The van der Waals surface area contributed by atoms with Gasteiger partial charge >= 0.3 is 0 Å². The standard InChI is InChI=1S/C24H22N6O/c1-24(31)14-30(15-24)19-3-5-22(27-12-19)28-21-11-18(13-29-9-8-26-23(21)29)16-2-4-20-17(10-16)6-7-25-20/h2-5,7-13,31H,6,14-15H2,1H3,(H,27,28). The minimum atomic E-state index is -0.604. The third-order valence-corrected chi connectivity index (χ3v) is 5.88. The van der Waals surface area contributed by atoms with Crippen LogP contribution < -0.4 is 10.2 Å². The first-order valence-electron chi connectivity index (χ1n) is 10.4. The van der Waals surface area contributed by atoms with Gasteiger partial charge in [-0.1, -0.05) is 6.07 Å². The summed E-state index contributed by atoms with van der Waals surface area (Å²) in [5.41, 5.74) is 6.70. The van der Waals surface area contributed by atoms with Gasteiger partial charge in [-0.2, -0.15) is 0 Å². The zero-order valence-electron chi connectivity index (χ0n) is 17.2. The number of benzene rings is 1. The summed E-state index contributed by atoms with van der Waals surface area (Å²) in [6.07, 6.45) is 10.5. The summed E-state index contributed by atoms with van der Waals surface area (Å²) in [6.45, 7) is 3.11. The minimum absolute atomic E-state index is 0.604. The van der Waals surface area contributed by atoms with Gasteiger partial charge in [-0.3, -0.25) is 4.99 Å². The molecule has 0 unspecified atom stereocenters. The summed E-state index contributed by atoms with van der Waals surface area (Å²) in [6, 6.07) is 12.5. The molecule has 2 N–H and O–H groups in total. The van der Waals surface area contributed by atoms with E-state index in [1.165, 1.54) is 5.56 Å². The summed E-state index contributed by atoms with van der Waals surface area (Å²) < 4.78 is 2.03. The number of aliphatic hydroxyl groups is 1. The van der Waals surface area contributed by atoms with Gasteiger partial charge in [0.1, 0.15) is 5.82 Å². The summed E-state index contributed by atoms with van der Waals surface area (Å²) >= 11 is 0. The molecule has 5 heterocycles. The molecule has 0 amide bonds. The molecule has 2 aliphatic heterocycles. The van der Waals surface area contributed by atoms with Crippen molar-refractivity contribution >= 4 is 34.7 Å². The van der Waals surface area contributed by atoms with E-state index in [-0.39, 0.29) is 0 Å². The summed E-state index contributed by atoms with van der Waals surface area (Å²) in [5, 5.41) is 13.4. The van der Waals surface area contributed by atoms with Crippen LogP contribution in [0.15, 0.2) is 66.2 Å². The van der Waals surface area contributed by atoms with Crippen LogP contribution in [0.25, 0.3) is 16.8 Å². The van der Waals surface area contributed by atoms with Gasteiger partial charge in [-0.15, -0.1) is 0 Å². The van der Waals surface area contributed by atoms with Crippen molar-refractivity contribution in [1.29, 1.82) is 0 Å². The molecule has 4 aromatic rings. The van der Waals surface area contributed by atoms with E-state index in [2.05, 4.69) is 55.6 Å². The Kier molecular flexibility index (Phi) is 3.88. The average Bonchev–Trinajstić information content (AvgIpc) is 3.41. The van der Waals surface area contributed by atoms with Crippen molar-refractivity contribution in [3.8, 4) is 11.1 Å². The maximum absolute atomic E-state index is 9.96. The Morgan fingerprint density at radius 3 is 2.77 bits per heavy atom. The lowest BCUT2D eigenvalue weighted by atomic mass is 9.96. The molecule has 0 aliphatic carbocycles. The number of fused-ring (bicyclic) bond motifs is 2. The Bertz CT molecular complexity index is 1310. The van der Waals surface area contributed by atoms with Crippen molar-refractivity contribution in [2.24, 2.45) is 4.99 Å². The molecular weight excluding hydrogens is 388 g/mol. The molecule has 0 bridgehead atoms. The highest BCUT2D eigenvalue weighted by molar-refractivity contribution is 5.82. The molecule has 1 saturated heterocycles. The molecule has 0 atom stereocenters. The Morgan fingerprint density at radius 2 is 1.97 bits per heavy atom. The van der Waals surface area contributed by atoms with Gasteiger partial charge < -0.3 is 19.7 Å². The van der Waals surface area contributed by atoms with Gasteiger partial charge in [0.05, 0.1) is 28.9 Å². The SMILES string of the molecule is CC1(O)CN(c2ccc(Nc3cc(-c4ccc5c(c4)CC=N5)cn4ccnc34)nc2)C1. The number of aliphatic imine (C=N–C) groups is 1. The van der Waals surface area contributed by atoms with Crippen LogP contribution in [0.3, 0.4) is 0 Å². The zero-order chi connectivity index (χ0) is 21.0. The quantitative estimate of drug-likeness (QED) is 0.532. The number of β-amino-alcohol motifs (C(OH)–C–C–N with tert-alkyl or cyclic N) is 1. The molecule has 1 fully saturated rings. The molecule has 3 aromatic heterocycles. The van der Waals surface area contributed by atoms with Crippen LogP contribution in [-0.4, -0.2) is 44.4 Å². The number of anilines is 3. The average molecular weight is 410 g/mol. The van der Waals surface area contributed by atoms with Gasteiger partial charge in [-0.25, -0.2) is 9.97 Å². The Hall–Kier alpha value is -3.71. The Morgan fingerprint density at radius 1 is 1.06 bits per heavy atom. The number of imidazole rings is 1. The Balaban J connectivity index is 1.31. The molecule has 1 aromatic carbocycles. The maximum atomic E-state index is 9.96. The van der Waals surface area contributed by atoms with Crippen molar-refractivity contribution in [2.45, 2.75) is 18.9 Å². The van der Waals surface area contributed by atoms with Crippen molar-refractivity contribution in [3.05, 3.63) is 66.7 Å². The highest BCUT2D eigenvalue weighted by Crippen LogP contribution is 2.33. The molecule has 7 heteroatoms. The molecule has 6 rings (SSSR count). The lowest BCUT2D eigenvalue weighted by Crippen LogP contribution is -2.60. The predicted octanol–water partition coefficient (Wildman–Crippen LogP) is 3.97. The Labute approximate surface area is 179 Å². The van der Waals surface area contributed by atoms with Gasteiger partial charge in [-0.05, 0) is 48.4 Å². The van der Waals surface area contributed by atoms with E-state index in [1.807, 2.05) is 42.1 Å². The fraction of sp³-hybridized carbons (Fsp3) is 0.208. The van der Waals surface area contributed by atoms with Crippen LogP contribution >= 0.6 is 0 Å². The number of rotatable bonds is 4. The normalized spacial score (nSPS) is 16.4. The topological polar surface area (TPSA) is 78.0 Å². The second-order valence-electron chi connectivity index (χ2n) is 8.54. The van der Waals surface area contributed by atoms with Gasteiger partial charge in [0.2, 0.25) is 0 Å². The fourth-order valence-corrected chi connectivity index (χ4v) is 4.32. The number of nitrogens with zero attached hydrogens (tertiary/aromatic N) is 5. The van der Waals surface area contributed by atoms with E-state index in [9.17, 15) is 5.11 Å². The molecule has 0 radical (unpaired) electrons. The monoisotopic (exact) mass is 410 g/mol. The van der Waals surface area contributed by atoms with E-state index in [0.29, 0.717) is 13.1 Å². The number of hydrogen-bond acceptors (Lipinski definition) is 6. The van der Waals surface area contributed by atoms with Crippen LogP contribution in [0, 0.1) is 0 Å². The lowest BCUT2D eigenvalue weighted by Gasteiger charge is -2.45. The lowest BCUT2D eigenvalue weighted by molar-refractivity contribution is 0.0310. The van der Waals surface area contributed by atoms with Gasteiger partial charge in [0.25, 0.3) is 0 Å². The van der Waals surface area contributed by atoms with Crippen LogP contribution in [0.4, 0.5) is 22.9 Å². The summed E-state index contributed by atoms with van der Waals surface area (Å²) in [5.74, 6) is 0.750. The minimum Gasteiger partial charge on any atom is -0.386 e. The molecular formula is C24H22N6O. The largest absolute Gasteiger partial charge is 0.386 e.